The molecule has 3 unspecified atom stereocenters. The highest BCUT2D eigenvalue weighted by Crippen LogP contribution is 2.34. The van der Waals surface area contributed by atoms with Crippen molar-refractivity contribution in [2.24, 2.45) is 4.99 Å². The van der Waals surface area contributed by atoms with E-state index in [1.54, 1.807) is 0 Å². The van der Waals surface area contributed by atoms with E-state index in [2.05, 4.69) is 36.6 Å². The van der Waals surface area contributed by atoms with Crippen LogP contribution in [-0.4, -0.2) is 43.9 Å². The lowest BCUT2D eigenvalue weighted by Crippen LogP contribution is -2.47. The second-order valence-electron chi connectivity index (χ2n) is 6.99. The second kappa shape index (κ2) is 11.0. The van der Waals surface area contributed by atoms with Crippen LogP contribution in [0.15, 0.2) is 29.3 Å². The lowest BCUT2D eigenvalue weighted by Gasteiger charge is -2.22. The third-order valence-electron chi connectivity index (χ3n) is 4.88. The number of halogens is 1. The summed E-state index contributed by atoms with van der Waals surface area (Å²) in [5.74, 6) is 1.86. The number of hydrogen-bond donors (Lipinski definition) is 2. The predicted molar refractivity (Wildman–Crippen MR) is 117 cm³/mol. The van der Waals surface area contributed by atoms with Gasteiger partial charge in [-0.1, -0.05) is 17.7 Å². The largest absolute Gasteiger partial charge is 0.494 e. The summed E-state index contributed by atoms with van der Waals surface area (Å²) >= 11 is 0. The van der Waals surface area contributed by atoms with E-state index < -0.39 is 0 Å². The van der Waals surface area contributed by atoms with Gasteiger partial charge in [-0.25, -0.2) is 0 Å². The van der Waals surface area contributed by atoms with Gasteiger partial charge in [-0.15, -0.1) is 24.0 Å². The van der Waals surface area contributed by atoms with Crippen LogP contribution in [0.1, 0.15) is 44.6 Å². The third kappa shape index (κ3) is 6.30. The molecule has 3 atom stereocenters. The first-order chi connectivity index (χ1) is 12.2. The number of hydrogen-bond acceptors (Lipinski definition) is 3. The molecule has 3 rings (SSSR count). The summed E-state index contributed by atoms with van der Waals surface area (Å²) in [7, 11) is 0. The first-order valence-electron chi connectivity index (χ1n) is 9.64. The predicted octanol–water partition coefficient (Wildman–Crippen LogP) is 3.65. The van der Waals surface area contributed by atoms with Crippen LogP contribution >= 0.6 is 24.0 Å². The van der Waals surface area contributed by atoms with Gasteiger partial charge < -0.3 is 20.1 Å². The summed E-state index contributed by atoms with van der Waals surface area (Å²) in [5, 5.41) is 6.90. The minimum Gasteiger partial charge on any atom is -0.494 e. The molecule has 2 heterocycles. The summed E-state index contributed by atoms with van der Waals surface area (Å²) in [6.45, 7) is 6.62. The number of aliphatic imine (C=N–C) groups is 1. The second-order valence-corrected chi connectivity index (χ2v) is 6.99. The Bertz CT molecular complexity index is 565. The molecule has 0 aromatic heterocycles. The molecule has 2 N–H and O–H groups in total. The van der Waals surface area contributed by atoms with Crippen LogP contribution in [0.5, 0.6) is 5.75 Å². The molecule has 0 radical (unpaired) electrons. The van der Waals surface area contributed by atoms with Gasteiger partial charge in [0.2, 0.25) is 0 Å². The Kier molecular flexibility index (Phi) is 8.98. The topological polar surface area (TPSA) is 54.9 Å². The Morgan fingerprint density at radius 3 is 2.69 bits per heavy atom. The zero-order valence-corrected chi connectivity index (χ0v) is 18.2. The van der Waals surface area contributed by atoms with Gasteiger partial charge >= 0.3 is 0 Å². The van der Waals surface area contributed by atoms with Crippen LogP contribution in [0.3, 0.4) is 0 Å². The van der Waals surface area contributed by atoms with Crippen molar-refractivity contribution in [3.8, 4) is 5.75 Å². The highest BCUT2D eigenvalue weighted by atomic mass is 127. The van der Waals surface area contributed by atoms with Gasteiger partial charge in [0.1, 0.15) is 5.75 Å². The van der Waals surface area contributed by atoms with Gasteiger partial charge in [-0.3, -0.25) is 4.99 Å². The van der Waals surface area contributed by atoms with E-state index in [-0.39, 0.29) is 24.0 Å². The molecule has 0 amide bonds. The Labute approximate surface area is 174 Å². The third-order valence-corrected chi connectivity index (χ3v) is 4.88. The minimum absolute atomic E-state index is 0. The number of aryl methyl sites for hydroxylation is 1. The molecule has 26 heavy (non-hydrogen) atoms. The van der Waals surface area contributed by atoms with E-state index >= 15 is 0 Å². The van der Waals surface area contributed by atoms with Crippen LogP contribution < -0.4 is 15.4 Å². The first kappa shape index (κ1) is 21.3. The molecule has 2 fully saturated rings. The number of ether oxygens (including phenoxy) is 2. The molecule has 0 spiro atoms. The number of benzene rings is 1. The van der Waals surface area contributed by atoms with Gasteiger partial charge in [0.05, 0.1) is 24.9 Å². The highest BCUT2D eigenvalue weighted by molar-refractivity contribution is 14.0. The fraction of sp³-hybridized carbons (Fsp3) is 0.650. The highest BCUT2D eigenvalue weighted by Gasteiger charge is 2.41. The van der Waals surface area contributed by atoms with Crippen LogP contribution in [0, 0.1) is 6.92 Å². The van der Waals surface area contributed by atoms with Crippen molar-refractivity contribution < 1.29 is 9.47 Å². The normalized spacial score (nSPS) is 24.2. The van der Waals surface area contributed by atoms with E-state index in [1.807, 2.05) is 12.1 Å². The van der Waals surface area contributed by atoms with E-state index in [1.165, 1.54) is 18.4 Å². The molecule has 0 aliphatic carbocycles. The van der Waals surface area contributed by atoms with Crippen LogP contribution in [0.4, 0.5) is 0 Å². The van der Waals surface area contributed by atoms with Crippen molar-refractivity contribution in [1.29, 1.82) is 0 Å². The smallest absolute Gasteiger partial charge is 0.191 e. The van der Waals surface area contributed by atoms with Crippen molar-refractivity contribution in [3.05, 3.63) is 29.8 Å². The van der Waals surface area contributed by atoms with E-state index in [4.69, 9.17) is 14.5 Å². The summed E-state index contributed by atoms with van der Waals surface area (Å²) in [4.78, 5) is 4.70. The summed E-state index contributed by atoms with van der Waals surface area (Å²) in [6, 6.07) is 8.62. The Balaban J connectivity index is 0.00000243. The molecule has 5 nitrogen and oxygen atoms in total. The van der Waals surface area contributed by atoms with E-state index in [0.717, 1.165) is 50.7 Å². The average Bonchev–Trinajstić information content (AvgIpc) is 3.22. The fourth-order valence-electron chi connectivity index (χ4n) is 3.51. The molecular formula is C20H32IN3O2. The molecule has 2 aliphatic heterocycles. The Morgan fingerprint density at radius 1 is 1.23 bits per heavy atom. The Hall–Kier alpha value is -1.02. The molecule has 2 bridgehead atoms. The van der Waals surface area contributed by atoms with Gasteiger partial charge in [0.15, 0.2) is 5.96 Å². The van der Waals surface area contributed by atoms with E-state index in [0.29, 0.717) is 18.2 Å². The lowest BCUT2D eigenvalue weighted by atomic mass is 9.96. The molecule has 146 valence electrons. The van der Waals surface area contributed by atoms with Crippen molar-refractivity contribution in [2.75, 3.05) is 19.7 Å². The summed E-state index contributed by atoms with van der Waals surface area (Å²) in [6.07, 6.45) is 6.37. The maximum Gasteiger partial charge on any atom is 0.191 e. The molecule has 1 aromatic carbocycles. The number of fused-ring (bicyclic) bond motifs is 2. The molecule has 0 saturated carbocycles. The van der Waals surface area contributed by atoms with Crippen molar-refractivity contribution in [1.82, 2.24) is 10.6 Å². The minimum atomic E-state index is 0. The summed E-state index contributed by atoms with van der Waals surface area (Å²) < 4.78 is 11.7. The maximum atomic E-state index is 5.91. The summed E-state index contributed by atoms with van der Waals surface area (Å²) in [5.41, 5.74) is 1.26. The number of unbranched alkanes of at least 4 members (excludes halogenated alkanes) is 1. The maximum absolute atomic E-state index is 5.91. The SMILES string of the molecule is CCNC(=NCCCCOc1ccc(C)cc1)NC1CC2CCC1O2.I. The van der Waals surface area contributed by atoms with Gasteiger partial charge in [-0.2, -0.15) is 0 Å². The average molecular weight is 473 g/mol. The fourth-order valence-corrected chi connectivity index (χ4v) is 3.51. The lowest BCUT2D eigenvalue weighted by molar-refractivity contribution is 0.0992. The number of guanidine groups is 1. The van der Waals surface area contributed by atoms with Crippen molar-refractivity contribution in [3.63, 3.8) is 0 Å². The Morgan fingerprint density at radius 2 is 2.04 bits per heavy atom. The first-order valence-corrected chi connectivity index (χ1v) is 9.64. The number of nitrogens with zero attached hydrogens (tertiary/aromatic N) is 1. The van der Waals surface area contributed by atoms with E-state index in [9.17, 15) is 0 Å². The molecule has 2 saturated heterocycles. The number of rotatable bonds is 8. The number of nitrogens with one attached hydrogen (secondary N) is 2. The zero-order chi connectivity index (χ0) is 17.5. The molecular weight excluding hydrogens is 441 g/mol. The van der Waals surface area contributed by atoms with Crippen LogP contribution in [-0.2, 0) is 4.74 Å². The van der Waals surface area contributed by atoms with Crippen molar-refractivity contribution in [2.45, 2.75) is 64.2 Å². The molecule has 1 aromatic rings. The monoisotopic (exact) mass is 473 g/mol. The van der Waals surface area contributed by atoms with Gasteiger partial charge in [-0.05, 0) is 58.1 Å². The zero-order valence-electron chi connectivity index (χ0n) is 15.9. The van der Waals surface area contributed by atoms with Crippen LogP contribution in [0.2, 0.25) is 0 Å². The van der Waals surface area contributed by atoms with Gasteiger partial charge in [0.25, 0.3) is 0 Å². The van der Waals surface area contributed by atoms with Gasteiger partial charge in [0, 0.05) is 13.1 Å². The quantitative estimate of drug-likeness (QED) is 0.262. The van der Waals surface area contributed by atoms with Crippen LogP contribution in [0.25, 0.3) is 0 Å². The molecule has 2 aliphatic rings. The standard InChI is InChI=1S/C20H31N3O2.HI/c1-3-21-20(23-18-14-17-10-11-19(18)25-17)22-12-4-5-13-24-16-8-6-15(2)7-9-16;/h6-9,17-19H,3-5,10-14H2,1-2H3,(H2,21,22,23);1H. The molecule has 6 heteroatoms. The van der Waals surface area contributed by atoms with Crippen molar-refractivity contribution >= 4 is 29.9 Å².